The van der Waals surface area contributed by atoms with Crippen molar-refractivity contribution in [1.29, 1.82) is 0 Å². The molecule has 0 spiro atoms. The molecule has 0 aliphatic carbocycles. The Hall–Kier alpha value is -1.76. The second-order valence-electron chi connectivity index (χ2n) is 5.91. The fourth-order valence-electron chi connectivity index (χ4n) is 2.27. The smallest absolute Gasteiger partial charge is 0.410 e. The number of nitrogens with two attached hydrogens (primary N) is 1. The predicted molar refractivity (Wildman–Crippen MR) is 74.1 cm³/mol. The molecule has 1 amide bonds. The van der Waals surface area contributed by atoms with E-state index in [9.17, 15) is 4.79 Å². The van der Waals surface area contributed by atoms with Gasteiger partial charge in [-0.3, -0.25) is 4.68 Å². The standard InChI is InChI=1S/C13H22N4O3/c1-13(2,3)20-12(19)16-5-4-9-10(8-16)17(6-7-18)15-11(9)14/h18H,4-8H2,1-3H3,(H2,14,15). The van der Waals surface area contributed by atoms with Gasteiger partial charge >= 0.3 is 6.09 Å². The summed E-state index contributed by atoms with van der Waals surface area (Å²) in [5, 5.41) is 13.3. The van der Waals surface area contributed by atoms with Crippen LogP contribution in [0.1, 0.15) is 32.0 Å². The predicted octanol–water partition coefficient (Wildman–Crippen LogP) is 0.751. The van der Waals surface area contributed by atoms with Crippen molar-refractivity contribution < 1.29 is 14.6 Å². The fourth-order valence-corrected chi connectivity index (χ4v) is 2.27. The molecule has 0 atom stereocenters. The molecule has 1 aliphatic rings. The van der Waals surface area contributed by atoms with E-state index < -0.39 is 5.60 Å². The first kappa shape index (κ1) is 14.6. The minimum Gasteiger partial charge on any atom is -0.444 e. The Balaban J connectivity index is 2.15. The van der Waals surface area contributed by atoms with Gasteiger partial charge in [0.1, 0.15) is 11.4 Å². The molecule has 0 aromatic carbocycles. The molecule has 7 nitrogen and oxygen atoms in total. The molecule has 0 bridgehead atoms. The summed E-state index contributed by atoms with van der Waals surface area (Å²) in [6, 6.07) is 0. The highest BCUT2D eigenvalue weighted by atomic mass is 16.6. The zero-order valence-corrected chi connectivity index (χ0v) is 12.2. The van der Waals surface area contributed by atoms with Crippen molar-refractivity contribution in [3.8, 4) is 0 Å². The van der Waals surface area contributed by atoms with E-state index in [1.807, 2.05) is 20.8 Å². The number of carbonyl (C=O) groups is 1. The van der Waals surface area contributed by atoms with Crippen LogP contribution in [-0.4, -0.2) is 44.6 Å². The summed E-state index contributed by atoms with van der Waals surface area (Å²) in [6.45, 7) is 6.86. The SMILES string of the molecule is CC(C)(C)OC(=O)N1CCc2c(N)nn(CCO)c2C1. The Morgan fingerprint density at radius 2 is 2.20 bits per heavy atom. The average Bonchev–Trinajstić information content (AvgIpc) is 2.64. The van der Waals surface area contributed by atoms with Crippen LogP contribution in [0, 0.1) is 0 Å². The third-order valence-electron chi connectivity index (χ3n) is 3.13. The maximum atomic E-state index is 12.1. The zero-order chi connectivity index (χ0) is 14.9. The number of hydrogen-bond acceptors (Lipinski definition) is 5. The number of hydrogen-bond donors (Lipinski definition) is 2. The topological polar surface area (TPSA) is 93.6 Å². The van der Waals surface area contributed by atoms with Crippen molar-refractivity contribution in [1.82, 2.24) is 14.7 Å². The molecule has 1 aromatic heterocycles. The lowest BCUT2D eigenvalue weighted by Gasteiger charge is -2.30. The first-order valence-electron chi connectivity index (χ1n) is 6.74. The van der Waals surface area contributed by atoms with Crippen molar-refractivity contribution in [2.45, 2.75) is 45.9 Å². The summed E-state index contributed by atoms with van der Waals surface area (Å²) >= 11 is 0. The van der Waals surface area contributed by atoms with Crippen LogP contribution >= 0.6 is 0 Å². The first-order valence-corrected chi connectivity index (χ1v) is 6.74. The highest BCUT2D eigenvalue weighted by Crippen LogP contribution is 2.25. The third-order valence-corrected chi connectivity index (χ3v) is 3.13. The lowest BCUT2D eigenvalue weighted by Crippen LogP contribution is -2.40. The van der Waals surface area contributed by atoms with Crippen molar-refractivity contribution >= 4 is 11.9 Å². The fraction of sp³-hybridized carbons (Fsp3) is 0.692. The van der Waals surface area contributed by atoms with E-state index in [2.05, 4.69) is 5.10 Å². The number of aliphatic hydroxyl groups is 1. The lowest BCUT2D eigenvalue weighted by molar-refractivity contribution is 0.0218. The molecule has 20 heavy (non-hydrogen) atoms. The van der Waals surface area contributed by atoms with E-state index in [0.717, 1.165) is 11.3 Å². The molecule has 112 valence electrons. The van der Waals surface area contributed by atoms with E-state index in [0.29, 0.717) is 31.9 Å². The van der Waals surface area contributed by atoms with Gasteiger partial charge in [0.2, 0.25) is 0 Å². The van der Waals surface area contributed by atoms with Gasteiger partial charge in [0.25, 0.3) is 0 Å². The Morgan fingerprint density at radius 1 is 1.50 bits per heavy atom. The molecule has 0 unspecified atom stereocenters. The number of carbonyl (C=O) groups excluding carboxylic acids is 1. The van der Waals surface area contributed by atoms with Crippen molar-refractivity contribution in [3.05, 3.63) is 11.3 Å². The summed E-state index contributed by atoms with van der Waals surface area (Å²) in [7, 11) is 0. The van der Waals surface area contributed by atoms with Gasteiger partial charge in [-0.15, -0.1) is 0 Å². The van der Waals surface area contributed by atoms with E-state index >= 15 is 0 Å². The number of aromatic nitrogens is 2. The number of ether oxygens (including phenoxy) is 1. The van der Waals surface area contributed by atoms with Crippen LogP contribution in [-0.2, 0) is 24.2 Å². The number of rotatable bonds is 2. The average molecular weight is 282 g/mol. The summed E-state index contributed by atoms with van der Waals surface area (Å²) < 4.78 is 7.04. The van der Waals surface area contributed by atoms with Crippen LogP contribution in [0.2, 0.25) is 0 Å². The largest absolute Gasteiger partial charge is 0.444 e. The highest BCUT2D eigenvalue weighted by molar-refractivity contribution is 5.69. The first-order chi connectivity index (χ1) is 9.31. The minimum absolute atomic E-state index is 0.0139. The summed E-state index contributed by atoms with van der Waals surface area (Å²) in [4.78, 5) is 13.7. The van der Waals surface area contributed by atoms with Gasteiger partial charge in [-0.25, -0.2) is 4.79 Å². The van der Waals surface area contributed by atoms with E-state index in [1.54, 1.807) is 9.58 Å². The van der Waals surface area contributed by atoms with Crippen LogP contribution < -0.4 is 5.73 Å². The molecule has 3 N–H and O–H groups in total. The van der Waals surface area contributed by atoms with Gasteiger partial charge in [0.15, 0.2) is 0 Å². The van der Waals surface area contributed by atoms with Crippen LogP contribution in [0.5, 0.6) is 0 Å². The normalized spacial score (nSPS) is 15.1. The number of anilines is 1. The van der Waals surface area contributed by atoms with Gasteiger partial charge in [0.05, 0.1) is 25.4 Å². The highest BCUT2D eigenvalue weighted by Gasteiger charge is 2.29. The van der Waals surface area contributed by atoms with Crippen LogP contribution in [0.3, 0.4) is 0 Å². The lowest BCUT2D eigenvalue weighted by atomic mass is 10.1. The number of nitrogens with zero attached hydrogens (tertiary/aromatic N) is 3. The van der Waals surface area contributed by atoms with Gasteiger partial charge in [-0.05, 0) is 27.2 Å². The quantitative estimate of drug-likeness (QED) is 0.835. The van der Waals surface area contributed by atoms with Crippen molar-refractivity contribution in [3.63, 3.8) is 0 Å². The van der Waals surface area contributed by atoms with Crippen LogP contribution in [0.15, 0.2) is 0 Å². The van der Waals surface area contributed by atoms with E-state index in [-0.39, 0.29) is 12.7 Å². The molecule has 0 saturated carbocycles. The molecule has 0 saturated heterocycles. The Kier molecular flexibility index (Phi) is 3.89. The molecule has 7 heteroatoms. The summed E-state index contributed by atoms with van der Waals surface area (Å²) in [5.74, 6) is 0.484. The van der Waals surface area contributed by atoms with Gasteiger partial charge < -0.3 is 20.5 Å². The number of amides is 1. The Morgan fingerprint density at radius 3 is 2.80 bits per heavy atom. The maximum absolute atomic E-state index is 12.1. The number of aliphatic hydroxyl groups excluding tert-OH is 1. The summed E-state index contributed by atoms with van der Waals surface area (Å²) in [5.41, 5.74) is 7.21. The molecule has 1 aromatic rings. The van der Waals surface area contributed by atoms with Crippen molar-refractivity contribution in [2.24, 2.45) is 0 Å². The van der Waals surface area contributed by atoms with Gasteiger partial charge in [-0.2, -0.15) is 5.10 Å². The minimum atomic E-state index is -0.512. The Labute approximate surface area is 118 Å². The van der Waals surface area contributed by atoms with E-state index in [4.69, 9.17) is 15.6 Å². The molecule has 2 heterocycles. The van der Waals surface area contributed by atoms with Crippen molar-refractivity contribution in [2.75, 3.05) is 18.9 Å². The van der Waals surface area contributed by atoms with Gasteiger partial charge in [0, 0.05) is 12.1 Å². The zero-order valence-electron chi connectivity index (χ0n) is 12.2. The molecule has 0 fully saturated rings. The Bertz CT molecular complexity index is 504. The molecular weight excluding hydrogens is 260 g/mol. The number of fused-ring (bicyclic) bond motifs is 1. The summed E-state index contributed by atoms with van der Waals surface area (Å²) in [6.07, 6.45) is 0.324. The molecule has 0 radical (unpaired) electrons. The second-order valence-corrected chi connectivity index (χ2v) is 5.91. The monoisotopic (exact) mass is 282 g/mol. The van der Waals surface area contributed by atoms with Gasteiger partial charge in [-0.1, -0.05) is 0 Å². The molecule has 2 rings (SSSR count). The van der Waals surface area contributed by atoms with Crippen LogP contribution in [0.25, 0.3) is 0 Å². The molecule has 1 aliphatic heterocycles. The second kappa shape index (κ2) is 5.32. The van der Waals surface area contributed by atoms with E-state index in [1.165, 1.54) is 0 Å². The van der Waals surface area contributed by atoms with Crippen LogP contribution in [0.4, 0.5) is 10.6 Å². The molecular formula is C13H22N4O3. The third kappa shape index (κ3) is 3.04. The number of nitrogen functional groups attached to an aromatic ring is 1. The maximum Gasteiger partial charge on any atom is 0.410 e.